The van der Waals surface area contributed by atoms with E-state index in [0.717, 1.165) is 10.4 Å². The molecule has 1 aromatic carbocycles. The van der Waals surface area contributed by atoms with E-state index in [4.69, 9.17) is 4.74 Å². The van der Waals surface area contributed by atoms with Gasteiger partial charge in [-0.25, -0.2) is 13.2 Å². The number of benzene rings is 1. The molecule has 0 saturated carbocycles. The molecule has 0 atom stereocenters. The van der Waals surface area contributed by atoms with E-state index in [1.54, 1.807) is 30.3 Å². The number of ether oxygens (including phenoxy) is 1. The lowest BCUT2D eigenvalue weighted by Gasteiger charge is -2.18. The minimum Gasteiger partial charge on any atom is -0.465 e. The van der Waals surface area contributed by atoms with Crippen molar-refractivity contribution in [3.05, 3.63) is 46.3 Å². The van der Waals surface area contributed by atoms with Crippen molar-refractivity contribution in [1.29, 1.82) is 0 Å². The third-order valence-corrected chi connectivity index (χ3v) is 6.89. The van der Waals surface area contributed by atoms with Crippen molar-refractivity contribution >= 4 is 33.0 Å². The Labute approximate surface area is 133 Å². The van der Waals surface area contributed by atoms with Crippen LogP contribution in [0.4, 0.5) is 5.69 Å². The largest absolute Gasteiger partial charge is 0.465 e. The second-order valence-electron chi connectivity index (χ2n) is 5.03. The highest BCUT2D eigenvalue weighted by atomic mass is 32.2. The molecule has 0 aliphatic carbocycles. The van der Waals surface area contributed by atoms with Crippen LogP contribution in [0.15, 0.2) is 34.5 Å². The number of aryl methyl sites for hydroxylation is 1. The lowest BCUT2D eigenvalue weighted by Crippen LogP contribution is -2.28. The van der Waals surface area contributed by atoms with Crippen molar-refractivity contribution in [2.45, 2.75) is 17.6 Å². The van der Waals surface area contributed by atoms with Gasteiger partial charge in [0.15, 0.2) is 0 Å². The molecule has 3 rings (SSSR count). The molecule has 0 amide bonds. The molecule has 1 aliphatic rings. The van der Waals surface area contributed by atoms with Crippen LogP contribution in [0.25, 0.3) is 0 Å². The summed E-state index contributed by atoms with van der Waals surface area (Å²) in [6, 6.07) is 8.41. The molecule has 0 fully saturated rings. The molecule has 0 radical (unpaired) electrons. The number of fused-ring (bicyclic) bond motifs is 1. The standard InChI is InChI=1S/C15H15NO4S2/c1-10-3-6-14(21-10)22(18,19)16-8-7-11-9-12(15(17)20-2)4-5-13(11)16/h3-6,9H,7-8H2,1-2H3. The van der Waals surface area contributed by atoms with Gasteiger partial charge in [0, 0.05) is 11.4 Å². The molecule has 2 heterocycles. The van der Waals surface area contributed by atoms with Gasteiger partial charge in [-0.2, -0.15) is 0 Å². The Morgan fingerprint density at radius 1 is 1.27 bits per heavy atom. The van der Waals surface area contributed by atoms with E-state index in [9.17, 15) is 13.2 Å². The van der Waals surface area contributed by atoms with Crippen molar-refractivity contribution in [1.82, 2.24) is 0 Å². The molecule has 0 N–H and O–H groups in total. The zero-order valence-electron chi connectivity index (χ0n) is 12.2. The first-order valence-electron chi connectivity index (χ1n) is 6.74. The lowest BCUT2D eigenvalue weighted by atomic mass is 10.1. The van der Waals surface area contributed by atoms with Gasteiger partial charge in [-0.3, -0.25) is 4.31 Å². The zero-order chi connectivity index (χ0) is 15.9. The summed E-state index contributed by atoms with van der Waals surface area (Å²) in [5, 5.41) is 0. The van der Waals surface area contributed by atoms with E-state index in [1.807, 2.05) is 6.92 Å². The molecule has 0 saturated heterocycles. The van der Waals surface area contributed by atoms with Gasteiger partial charge in [-0.05, 0) is 49.2 Å². The van der Waals surface area contributed by atoms with E-state index < -0.39 is 16.0 Å². The van der Waals surface area contributed by atoms with Gasteiger partial charge < -0.3 is 4.74 Å². The quantitative estimate of drug-likeness (QED) is 0.808. The molecule has 1 aliphatic heterocycles. The predicted molar refractivity (Wildman–Crippen MR) is 85.1 cm³/mol. The molecule has 7 heteroatoms. The van der Waals surface area contributed by atoms with Crippen LogP contribution in [0.5, 0.6) is 0 Å². The molecule has 1 aromatic heterocycles. The monoisotopic (exact) mass is 337 g/mol. The summed E-state index contributed by atoms with van der Waals surface area (Å²) in [5.74, 6) is -0.419. The van der Waals surface area contributed by atoms with Crippen molar-refractivity contribution in [3.63, 3.8) is 0 Å². The van der Waals surface area contributed by atoms with Crippen molar-refractivity contribution in [2.24, 2.45) is 0 Å². The molecule has 116 valence electrons. The molecule has 0 unspecified atom stereocenters. The highest BCUT2D eigenvalue weighted by molar-refractivity contribution is 7.94. The smallest absolute Gasteiger partial charge is 0.337 e. The number of thiophene rings is 1. The maximum absolute atomic E-state index is 12.7. The van der Waals surface area contributed by atoms with Gasteiger partial charge >= 0.3 is 5.97 Å². The number of esters is 1. The van der Waals surface area contributed by atoms with Crippen molar-refractivity contribution in [3.8, 4) is 0 Å². The maximum atomic E-state index is 12.7. The lowest BCUT2D eigenvalue weighted by molar-refractivity contribution is 0.0600. The molecule has 2 aromatic rings. The number of anilines is 1. The zero-order valence-corrected chi connectivity index (χ0v) is 13.8. The van der Waals surface area contributed by atoms with Gasteiger partial charge in [0.1, 0.15) is 4.21 Å². The van der Waals surface area contributed by atoms with Crippen LogP contribution in [-0.2, 0) is 21.2 Å². The van der Waals surface area contributed by atoms with Crippen LogP contribution in [0.2, 0.25) is 0 Å². The van der Waals surface area contributed by atoms with Gasteiger partial charge in [0.05, 0.1) is 18.4 Å². The number of hydrogen-bond acceptors (Lipinski definition) is 5. The number of rotatable bonds is 3. The Morgan fingerprint density at radius 2 is 2.05 bits per heavy atom. The third-order valence-electron chi connectivity index (χ3n) is 3.61. The first-order chi connectivity index (χ1) is 10.4. The summed E-state index contributed by atoms with van der Waals surface area (Å²) < 4.78 is 31.9. The van der Waals surface area contributed by atoms with Crippen LogP contribution in [0.1, 0.15) is 20.8 Å². The average molecular weight is 337 g/mol. The molecule has 5 nitrogen and oxygen atoms in total. The molecular weight excluding hydrogens is 322 g/mol. The topological polar surface area (TPSA) is 63.7 Å². The van der Waals surface area contributed by atoms with Gasteiger partial charge in [0.25, 0.3) is 10.0 Å². The summed E-state index contributed by atoms with van der Waals surface area (Å²) in [5.41, 5.74) is 1.92. The second-order valence-corrected chi connectivity index (χ2v) is 8.40. The van der Waals surface area contributed by atoms with Crippen LogP contribution in [0.3, 0.4) is 0 Å². The third kappa shape index (κ3) is 2.40. The first-order valence-corrected chi connectivity index (χ1v) is 8.99. The number of methoxy groups -OCH3 is 1. The molecule has 0 spiro atoms. The van der Waals surface area contributed by atoms with Crippen LogP contribution in [-0.4, -0.2) is 28.0 Å². The number of hydrogen-bond donors (Lipinski definition) is 0. The summed E-state index contributed by atoms with van der Waals surface area (Å²) in [6.45, 7) is 2.27. The second kappa shape index (κ2) is 5.40. The van der Waals surface area contributed by atoms with Gasteiger partial charge in [-0.1, -0.05) is 0 Å². The average Bonchev–Trinajstić information content (AvgIpc) is 3.12. The van der Waals surface area contributed by atoms with Gasteiger partial charge in [-0.15, -0.1) is 11.3 Å². The highest BCUT2D eigenvalue weighted by Gasteiger charge is 2.32. The van der Waals surface area contributed by atoms with E-state index in [2.05, 4.69) is 0 Å². The fourth-order valence-electron chi connectivity index (χ4n) is 2.53. The van der Waals surface area contributed by atoms with Crippen LogP contribution in [0, 0.1) is 6.92 Å². The fourth-order valence-corrected chi connectivity index (χ4v) is 5.43. The van der Waals surface area contributed by atoms with E-state index in [-0.39, 0.29) is 0 Å². The predicted octanol–water partition coefficient (Wildman–Crippen LogP) is 2.59. The van der Waals surface area contributed by atoms with Crippen LogP contribution >= 0.6 is 11.3 Å². The Bertz CT molecular complexity index is 839. The van der Waals surface area contributed by atoms with Crippen LogP contribution < -0.4 is 4.31 Å². The number of carbonyl (C=O) groups excluding carboxylic acids is 1. The summed E-state index contributed by atoms with van der Waals surface area (Å²) in [4.78, 5) is 12.5. The number of carbonyl (C=O) groups is 1. The SMILES string of the molecule is COC(=O)c1ccc2c(c1)CCN2S(=O)(=O)c1ccc(C)s1. The maximum Gasteiger partial charge on any atom is 0.337 e. The van der Waals surface area contributed by atoms with E-state index in [0.29, 0.717) is 28.4 Å². The minimum absolute atomic E-state index is 0.342. The molecular formula is C15H15NO4S2. The first kappa shape index (κ1) is 15.1. The number of nitrogens with zero attached hydrogens (tertiary/aromatic N) is 1. The summed E-state index contributed by atoms with van der Waals surface area (Å²) in [6.07, 6.45) is 0.587. The van der Waals surface area contributed by atoms with Gasteiger partial charge in [0.2, 0.25) is 0 Å². The van der Waals surface area contributed by atoms with E-state index in [1.165, 1.54) is 22.8 Å². The van der Waals surface area contributed by atoms with E-state index >= 15 is 0 Å². The fraction of sp³-hybridized carbons (Fsp3) is 0.267. The molecule has 22 heavy (non-hydrogen) atoms. The van der Waals surface area contributed by atoms with Crippen molar-refractivity contribution in [2.75, 3.05) is 18.0 Å². The Balaban J connectivity index is 2.00. The minimum atomic E-state index is -3.53. The summed E-state index contributed by atoms with van der Waals surface area (Å²) >= 11 is 1.26. The van der Waals surface area contributed by atoms with Crippen molar-refractivity contribution < 1.29 is 17.9 Å². The Morgan fingerprint density at radius 3 is 2.68 bits per heavy atom. The Kier molecular flexibility index (Phi) is 3.70. The molecule has 0 bridgehead atoms. The Hall–Kier alpha value is -1.86. The highest BCUT2D eigenvalue weighted by Crippen LogP contribution is 2.35. The normalized spacial score (nSPS) is 14.0. The summed E-state index contributed by atoms with van der Waals surface area (Å²) in [7, 11) is -2.21. The number of sulfonamides is 1.